The summed E-state index contributed by atoms with van der Waals surface area (Å²) < 4.78 is 0. The summed E-state index contributed by atoms with van der Waals surface area (Å²) in [4.78, 5) is 39.0. The number of carboxylic acid groups (broad SMARTS) is 1. The number of hydrogen-bond donors (Lipinski definition) is 4. The van der Waals surface area contributed by atoms with Gasteiger partial charge in [-0.25, -0.2) is 9.59 Å². The van der Waals surface area contributed by atoms with Crippen LogP contribution in [0.1, 0.15) is 31.1 Å². The molecular formula is C15H11NO7. The summed E-state index contributed by atoms with van der Waals surface area (Å²) in [5.41, 5.74) is 0.744. The highest BCUT2D eigenvalue weighted by Gasteiger charge is 2.21. The molecule has 118 valence electrons. The molecule has 0 saturated heterocycles. The first-order valence-corrected chi connectivity index (χ1v) is 6.26. The summed E-state index contributed by atoms with van der Waals surface area (Å²) in [5, 5.41) is 28.0. The minimum Gasteiger partial charge on any atom is -0.508 e. The Morgan fingerprint density at radius 1 is 0.957 bits per heavy atom. The van der Waals surface area contributed by atoms with Crippen molar-refractivity contribution in [3.63, 3.8) is 0 Å². The predicted molar refractivity (Wildman–Crippen MR) is 76.1 cm³/mol. The van der Waals surface area contributed by atoms with Gasteiger partial charge in [0.25, 0.3) is 5.91 Å². The second-order valence-corrected chi connectivity index (χ2v) is 4.38. The van der Waals surface area contributed by atoms with E-state index in [9.17, 15) is 24.6 Å². The number of nitrogens with one attached hydrogen (secondary N) is 1. The standard InChI is InChI=1S/C15H11NO7/c17-9-6-10(12(18)11(7-9)14(20)21)13(19)16-23-15(22)8-4-2-1-3-5-8/h1-7,17-18H,(H,16,19)(H,20,21). The van der Waals surface area contributed by atoms with Gasteiger partial charge in [-0.15, -0.1) is 0 Å². The maximum atomic E-state index is 11.9. The molecule has 0 aliphatic heterocycles. The smallest absolute Gasteiger partial charge is 0.362 e. The Labute approximate surface area is 129 Å². The van der Waals surface area contributed by atoms with Crippen molar-refractivity contribution in [1.82, 2.24) is 5.48 Å². The number of amides is 1. The lowest BCUT2D eigenvalue weighted by atomic mass is 10.1. The Balaban J connectivity index is 2.15. The number of aromatic hydroxyl groups is 2. The number of benzene rings is 2. The Morgan fingerprint density at radius 3 is 2.17 bits per heavy atom. The van der Waals surface area contributed by atoms with Crippen LogP contribution >= 0.6 is 0 Å². The Bertz CT molecular complexity index is 771. The third-order valence-corrected chi connectivity index (χ3v) is 2.82. The summed E-state index contributed by atoms with van der Waals surface area (Å²) in [7, 11) is 0. The molecule has 0 heterocycles. The average molecular weight is 317 g/mol. The highest BCUT2D eigenvalue weighted by Crippen LogP contribution is 2.27. The molecule has 2 rings (SSSR count). The van der Waals surface area contributed by atoms with E-state index in [4.69, 9.17) is 5.11 Å². The number of carbonyl (C=O) groups is 3. The molecule has 4 N–H and O–H groups in total. The van der Waals surface area contributed by atoms with E-state index in [2.05, 4.69) is 4.84 Å². The zero-order valence-corrected chi connectivity index (χ0v) is 11.5. The fourth-order valence-corrected chi connectivity index (χ4v) is 1.74. The van der Waals surface area contributed by atoms with Gasteiger partial charge in [-0.3, -0.25) is 4.79 Å². The number of rotatable bonds is 3. The Hall–Kier alpha value is -3.55. The van der Waals surface area contributed by atoms with Crippen molar-refractivity contribution >= 4 is 17.8 Å². The minimum atomic E-state index is -1.53. The van der Waals surface area contributed by atoms with Crippen molar-refractivity contribution in [3.8, 4) is 11.5 Å². The zero-order chi connectivity index (χ0) is 17.0. The number of hydrogen-bond acceptors (Lipinski definition) is 6. The normalized spacial score (nSPS) is 9.91. The average Bonchev–Trinajstić information content (AvgIpc) is 2.54. The van der Waals surface area contributed by atoms with Gasteiger partial charge in [0.15, 0.2) is 0 Å². The van der Waals surface area contributed by atoms with Crippen LogP contribution in [0.15, 0.2) is 42.5 Å². The fourth-order valence-electron chi connectivity index (χ4n) is 1.74. The Kier molecular flexibility index (Phi) is 4.46. The summed E-state index contributed by atoms with van der Waals surface area (Å²) in [6.07, 6.45) is 0. The third kappa shape index (κ3) is 3.56. The fraction of sp³-hybridized carbons (Fsp3) is 0. The highest BCUT2D eigenvalue weighted by atomic mass is 16.7. The number of carboxylic acids is 1. The van der Waals surface area contributed by atoms with Crippen molar-refractivity contribution < 1.29 is 34.5 Å². The van der Waals surface area contributed by atoms with Gasteiger partial charge in [-0.1, -0.05) is 18.2 Å². The molecule has 0 fully saturated rings. The number of phenols is 2. The molecule has 0 spiro atoms. The van der Waals surface area contributed by atoms with Gasteiger partial charge in [-0.2, -0.15) is 5.48 Å². The lowest BCUT2D eigenvalue weighted by molar-refractivity contribution is 0.0228. The molecule has 0 radical (unpaired) electrons. The lowest BCUT2D eigenvalue weighted by Crippen LogP contribution is -2.27. The van der Waals surface area contributed by atoms with Gasteiger partial charge in [0.2, 0.25) is 0 Å². The molecule has 0 unspecified atom stereocenters. The number of phenolic OH excluding ortho intramolecular Hbond substituents is 1. The maximum Gasteiger partial charge on any atom is 0.362 e. The first-order chi connectivity index (χ1) is 10.9. The van der Waals surface area contributed by atoms with Crippen molar-refractivity contribution in [3.05, 3.63) is 59.2 Å². The molecule has 0 aliphatic carbocycles. The van der Waals surface area contributed by atoms with Gasteiger partial charge >= 0.3 is 11.9 Å². The summed E-state index contributed by atoms with van der Waals surface area (Å²) >= 11 is 0. The van der Waals surface area contributed by atoms with E-state index in [1.165, 1.54) is 12.1 Å². The van der Waals surface area contributed by atoms with Crippen LogP contribution in [0, 0.1) is 0 Å². The molecule has 0 aromatic heterocycles. The molecule has 8 nitrogen and oxygen atoms in total. The van der Waals surface area contributed by atoms with E-state index in [0.29, 0.717) is 0 Å². The van der Waals surface area contributed by atoms with Crippen LogP contribution < -0.4 is 5.48 Å². The van der Waals surface area contributed by atoms with E-state index < -0.39 is 40.5 Å². The van der Waals surface area contributed by atoms with E-state index in [1.807, 2.05) is 0 Å². The monoisotopic (exact) mass is 317 g/mol. The molecule has 0 atom stereocenters. The molecule has 23 heavy (non-hydrogen) atoms. The molecule has 0 bridgehead atoms. The van der Waals surface area contributed by atoms with Crippen LogP contribution in [0.4, 0.5) is 0 Å². The summed E-state index contributed by atoms with van der Waals surface area (Å²) in [5.74, 6) is -4.88. The molecule has 0 saturated carbocycles. The van der Waals surface area contributed by atoms with Gasteiger partial charge in [-0.05, 0) is 24.3 Å². The van der Waals surface area contributed by atoms with Crippen LogP contribution in [-0.4, -0.2) is 33.2 Å². The molecule has 2 aromatic carbocycles. The van der Waals surface area contributed by atoms with Crippen LogP contribution in [0.2, 0.25) is 0 Å². The summed E-state index contributed by atoms with van der Waals surface area (Å²) in [6, 6.07) is 9.42. The van der Waals surface area contributed by atoms with Crippen molar-refractivity contribution in [2.24, 2.45) is 0 Å². The van der Waals surface area contributed by atoms with E-state index in [1.54, 1.807) is 23.7 Å². The van der Waals surface area contributed by atoms with Gasteiger partial charge in [0, 0.05) is 0 Å². The minimum absolute atomic E-state index is 0.180. The van der Waals surface area contributed by atoms with Crippen LogP contribution in [-0.2, 0) is 4.84 Å². The first kappa shape index (κ1) is 15.8. The molecule has 0 aliphatic rings. The second-order valence-electron chi connectivity index (χ2n) is 4.38. The third-order valence-electron chi connectivity index (χ3n) is 2.82. The number of carbonyl (C=O) groups excluding carboxylic acids is 2. The largest absolute Gasteiger partial charge is 0.508 e. The quantitative estimate of drug-likeness (QED) is 0.495. The highest BCUT2D eigenvalue weighted by molar-refractivity contribution is 6.02. The molecule has 1 amide bonds. The first-order valence-electron chi connectivity index (χ1n) is 6.26. The lowest BCUT2D eigenvalue weighted by Gasteiger charge is -2.09. The topological polar surface area (TPSA) is 133 Å². The van der Waals surface area contributed by atoms with Gasteiger partial charge in [0.05, 0.1) is 11.1 Å². The van der Waals surface area contributed by atoms with Crippen molar-refractivity contribution in [1.29, 1.82) is 0 Å². The molecular weight excluding hydrogens is 306 g/mol. The molecule has 2 aromatic rings. The van der Waals surface area contributed by atoms with E-state index in [-0.39, 0.29) is 5.56 Å². The maximum absolute atomic E-state index is 11.9. The van der Waals surface area contributed by atoms with Crippen molar-refractivity contribution in [2.75, 3.05) is 0 Å². The predicted octanol–water partition coefficient (Wildman–Crippen LogP) is 1.30. The SMILES string of the molecule is O=C(ONC(=O)c1cc(O)cc(C(=O)O)c1O)c1ccccc1. The van der Waals surface area contributed by atoms with E-state index >= 15 is 0 Å². The van der Waals surface area contributed by atoms with Crippen molar-refractivity contribution in [2.45, 2.75) is 0 Å². The molecule has 8 heteroatoms. The van der Waals surface area contributed by atoms with Crippen LogP contribution in [0.25, 0.3) is 0 Å². The second kappa shape index (κ2) is 6.48. The number of aromatic carboxylic acids is 1. The van der Waals surface area contributed by atoms with Gasteiger partial charge in [0.1, 0.15) is 17.1 Å². The van der Waals surface area contributed by atoms with Crippen LogP contribution in [0.3, 0.4) is 0 Å². The number of hydroxylamine groups is 1. The van der Waals surface area contributed by atoms with Crippen LogP contribution in [0.5, 0.6) is 11.5 Å². The zero-order valence-electron chi connectivity index (χ0n) is 11.5. The van der Waals surface area contributed by atoms with Gasteiger partial charge < -0.3 is 20.2 Å². The van der Waals surface area contributed by atoms with E-state index in [0.717, 1.165) is 12.1 Å². The summed E-state index contributed by atoms with van der Waals surface area (Å²) in [6.45, 7) is 0. The Morgan fingerprint density at radius 2 is 1.57 bits per heavy atom.